The molecule has 0 saturated carbocycles. The molecule has 1 N–H and O–H groups in total. The maximum atomic E-state index is 4.64. The van der Waals surface area contributed by atoms with E-state index in [4.69, 9.17) is 0 Å². The van der Waals surface area contributed by atoms with Crippen molar-refractivity contribution in [3.05, 3.63) is 60.7 Å². The molecule has 0 amide bonds. The first-order chi connectivity index (χ1) is 9.86. The molecule has 100 valence electrons. The van der Waals surface area contributed by atoms with Crippen LogP contribution in [0.1, 0.15) is 13.3 Å². The molecule has 0 atom stereocenters. The van der Waals surface area contributed by atoms with Gasteiger partial charge in [0.1, 0.15) is 5.82 Å². The Balaban J connectivity index is 1.96. The first-order valence-electron chi connectivity index (χ1n) is 7.07. The highest BCUT2D eigenvalue weighted by Gasteiger charge is 2.01. The molecule has 2 aromatic carbocycles. The number of benzene rings is 2. The highest BCUT2D eigenvalue weighted by atomic mass is 15.0. The lowest BCUT2D eigenvalue weighted by molar-refractivity contribution is 0.972. The number of aromatic nitrogens is 1. The Kier molecular flexibility index (Phi) is 3.64. The largest absolute Gasteiger partial charge is 0.370 e. The fourth-order valence-electron chi connectivity index (χ4n) is 2.29. The molecule has 2 heteroatoms. The van der Waals surface area contributed by atoms with Crippen LogP contribution in [0.4, 0.5) is 5.82 Å². The predicted molar refractivity (Wildman–Crippen MR) is 86.0 cm³/mol. The van der Waals surface area contributed by atoms with E-state index < -0.39 is 0 Å². The summed E-state index contributed by atoms with van der Waals surface area (Å²) in [4.78, 5) is 4.64. The van der Waals surface area contributed by atoms with Crippen LogP contribution in [0.2, 0.25) is 0 Å². The Hall–Kier alpha value is -2.35. The molecule has 0 unspecified atom stereocenters. The Morgan fingerprint density at radius 2 is 1.75 bits per heavy atom. The molecule has 2 nitrogen and oxygen atoms in total. The first kappa shape index (κ1) is 12.7. The van der Waals surface area contributed by atoms with Crippen LogP contribution in [-0.2, 0) is 0 Å². The van der Waals surface area contributed by atoms with Crippen molar-refractivity contribution in [2.45, 2.75) is 13.3 Å². The van der Waals surface area contributed by atoms with Gasteiger partial charge in [-0.15, -0.1) is 0 Å². The van der Waals surface area contributed by atoms with E-state index in [0.29, 0.717) is 0 Å². The van der Waals surface area contributed by atoms with Gasteiger partial charge in [-0.25, -0.2) is 4.98 Å². The van der Waals surface area contributed by atoms with Crippen LogP contribution < -0.4 is 5.32 Å². The summed E-state index contributed by atoms with van der Waals surface area (Å²) in [6, 6.07) is 21.0. The van der Waals surface area contributed by atoms with E-state index in [0.717, 1.165) is 24.3 Å². The molecular formula is C18H18N2. The Morgan fingerprint density at radius 3 is 2.55 bits per heavy atom. The van der Waals surface area contributed by atoms with Crippen molar-refractivity contribution in [3.63, 3.8) is 0 Å². The predicted octanol–water partition coefficient (Wildman–Crippen LogP) is 4.72. The van der Waals surface area contributed by atoms with Gasteiger partial charge >= 0.3 is 0 Å². The highest BCUT2D eigenvalue weighted by Crippen LogP contribution is 2.24. The average molecular weight is 262 g/mol. The molecule has 1 heterocycles. The van der Waals surface area contributed by atoms with Crippen LogP contribution in [0.3, 0.4) is 0 Å². The molecule has 3 aromatic rings. The summed E-state index contributed by atoms with van der Waals surface area (Å²) in [5.41, 5.74) is 3.50. The highest BCUT2D eigenvalue weighted by molar-refractivity contribution is 5.85. The van der Waals surface area contributed by atoms with Gasteiger partial charge < -0.3 is 5.32 Å². The molecule has 0 aliphatic rings. The smallest absolute Gasteiger partial charge is 0.126 e. The van der Waals surface area contributed by atoms with Crippen molar-refractivity contribution in [2.24, 2.45) is 0 Å². The third kappa shape index (κ3) is 2.64. The number of anilines is 1. The number of hydrogen-bond donors (Lipinski definition) is 1. The molecule has 1 aromatic heterocycles. The number of hydrogen-bond acceptors (Lipinski definition) is 2. The monoisotopic (exact) mass is 262 g/mol. The maximum absolute atomic E-state index is 4.64. The molecule has 0 aliphatic heterocycles. The van der Waals surface area contributed by atoms with Crippen molar-refractivity contribution in [1.29, 1.82) is 0 Å². The summed E-state index contributed by atoms with van der Waals surface area (Å²) in [5, 5.41) is 4.50. The zero-order valence-corrected chi connectivity index (χ0v) is 11.6. The van der Waals surface area contributed by atoms with Crippen LogP contribution in [-0.4, -0.2) is 11.5 Å². The van der Waals surface area contributed by atoms with E-state index in [9.17, 15) is 0 Å². The lowest BCUT2D eigenvalue weighted by atomic mass is 10.0. The molecule has 0 aliphatic carbocycles. The van der Waals surface area contributed by atoms with Gasteiger partial charge in [0.25, 0.3) is 0 Å². The second kappa shape index (κ2) is 5.74. The van der Waals surface area contributed by atoms with Crippen molar-refractivity contribution in [2.75, 3.05) is 11.9 Å². The molecule has 0 spiro atoms. The van der Waals surface area contributed by atoms with Crippen LogP contribution >= 0.6 is 0 Å². The van der Waals surface area contributed by atoms with E-state index in [1.807, 2.05) is 12.1 Å². The standard InChI is InChI=1S/C18H18N2/c1-2-12-19-18-11-9-16-13-15(8-10-17(16)20-18)14-6-4-3-5-7-14/h3-11,13H,2,12H2,1H3,(H,19,20). The Morgan fingerprint density at radius 1 is 0.900 bits per heavy atom. The van der Waals surface area contributed by atoms with E-state index >= 15 is 0 Å². The zero-order chi connectivity index (χ0) is 13.8. The van der Waals surface area contributed by atoms with Crippen molar-refractivity contribution in [3.8, 4) is 11.1 Å². The van der Waals surface area contributed by atoms with Crippen LogP contribution in [0.25, 0.3) is 22.0 Å². The molecule has 0 radical (unpaired) electrons. The minimum atomic E-state index is 0.951. The van der Waals surface area contributed by atoms with Crippen molar-refractivity contribution >= 4 is 16.7 Å². The number of nitrogens with one attached hydrogen (secondary N) is 1. The van der Waals surface area contributed by atoms with Gasteiger partial charge in [-0.2, -0.15) is 0 Å². The van der Waals surface area contributed by atoms with Gasteiger partial charge in [0.15, 0.2) is 0 Å². The third-order valence-electron chi connectivity index (χ3n) is 3.35. The van der Waals surface area contributed by atoms with E-state index in [-0.39, 0.29) is 0 Å². The van der Waals surface area contributed by atoms with Crippen LogP contribution in [0.5, 0.6) is 0 Å². The summed E-state index contributed by atoms with van der Waals surface area (Å²) in [7, 11) is 0. The third-order valence-corrected chi connectivity index (χ3v) is 3.35. The lowest BCUT2D eigenvalue weighted by Gasteiger charge is -2.07. The molecule has 0 saturated heterocycles. The SMILES string of the molecule is CCCNc1ccc2cc(-c3ccccc3)ccc2n1. The Bertz CT molecular complexity index is 705. The molecule has 0 fully saturated rings. The molecule has 0 bridgehead atoms. The van der Waals surface area contributed by atoms with Crippen molar-refractivity contribution < 1.29 is 0 Å². The number of pyridine rings is 1. The second-order valence-corrected chi connectivity index (χ2v) is 4.90. The van der Waals surface area contributed by atoms with Crippen LogP contribution in [0, 0.1) is 0 Å². The quantitative estimate of drug-likeness (QED) is 0.735. The fraction of sp³-hybridized carbons (Fsp3) is 0.167. The number of fused-ring (bicyclic) bond motifs is 1. The van der Waals surface area contributed by atoms with Gasteiger partial charge in [-0.3, -0.25) is 0 Å². The zero-order valence-electron chi connectivity index (χ0n) is 11.6. The minimum absolute atomic E-state index is 0.951. The van der Waals surface area contributed by atoms with Crippen molar-refractivity contribution in [1.82, 2.24) is 4.98 Å². The summed E-state index contributed by atoms with van der Waals surface area (Å²) in [5.74, 6) is 0.951. The van der Waals surface area contributed by atoms with Crippen LogP contribution in [0.15, 0.2) is 60.7 Å². The first-order valence-corrected chi connectivity index (χ1v) is 7.07. The van der Waals surface area contributed by atoms with Gasteiger partial charge in [0.2, 0.25) is 0 Å². The topological polar surface area (TPSA) is 24.9 Å². The van der Waals surface area contributed by atoms with Gasteiger partial charge in [0.05, 0.1) is 5.52 Å². The number of rotatable bonds is 4. The van der Waals surface area contributed by atoms with E-state index in [1.54, 1.807) is 0 Å². The number of nitrogens with zero attached hydrogens (tertiary/aromatic N) is 1. The second-order valence-electron chi connectivity index (χ2n) is 4.90. The summed E-state index contributed by atoms with van der Waals surface area (Å²) in [6.45, 7) is 3.11. The van der Waals surface area contributed by atoms with E-state index in [1.165, 1.54) is 16.5 Å². The van der Waals surface area contributed by atoms with Gasteiger partial charge in [0, 0.05) is 11.9 Å². The summed E-state index contributed by atoms with van der Waals surface area (Å²) < 4.78 is 0. The lowest BCUT2D eigenvalue weighted by Crippen LogP contribution is -2.01. The molecular weight excluding hydrogens is 244 g/mol. The van der Waals surface area contributed by atoms with Gasteiger partial charge in [-0.05, 0) is 41.8 Å². The molecule has 3 rings (SSSR count). The summed E-state index contributed by atoms with van der Waals surface area (Å²) >= 11 is 0. The summed E-state index contributed by atoms with van der Waals surface area (Å²) in [6.07, 6.45) is 1.10. The average Bonchev–Trinajstić information content (AvgIpc) is 2.53. The fourth-order valence-corrected chi connectivity index (χ4v) is 2.29. The van der Waals surface area contributed by atoms with Gasteiger partial charge in [-0.1, -0.05) is 43.3 Å². The minimum Gasteiger partial charge on any atom is -0.370 e. The molecule has 20 heavy (non-hydrogen) atoms. The van der Waals surface area contributed by atoms with E-state index in [2.05, 4.69) is 65.8 Å². The maximum Gasteiger partial charge on any atom is 0.126 e. The Labute approximate surface area is 119 Å². The normalized spacial score (nSPS) is 10.7.